The molecule has 5 nitrogen and oxygen atoms in total. The van der Waals surface area contributed by atoms with Crippen molar-refractivity contribution in [2.24, 2.45) is 0 Å². The Bertz CT molecular complexity index is 832. The molecule has 6 heteroatoms. The Hall–Kier alpha value is -2.63. The number of hydrogen-bond donors (Lipinski definition) is 2. The van der Waals surface area contributed by atoms with Crippen molar-refractivity contribution in [1.29, 1.82) is 0 Å². The van der Waals surface area contributed by atoms with Crippen molar-refractivity contribution in [2.45, 2.75) is 13.8 Å². The third kappa shape index (κ3) is 1.85. The summed E-state index contributed by atoms with van der Waals surface area (Å²) in [6.07, 6.45) is 0. The van der Waals surface area contributed by atoms with Gasteiger partial charge in [0.15, 0.2) is 0 Å². The number of aromatic nitrogens is 2. The number of benzene rings is 1. The predicted octanol–water partition coefficient (Wildman–Crippen LogP) is 3.28. The largest absolute Gasteiger partial charge is 0.478 e. The lowest BCUT2D eigenvalue weighted by molar-refractivity contribution is 0.0692. The lowest BCUT2D eigenvalue weighted by atomic mass is 10.2. The number of hydrogen-bond acceptors (Lipinski definition) is 3. The van der Waals surface area contributed by atoms with Gasteiger partial charge in [0.25, 0.3) is 0 Å². The van der Waals surface area contributed by atoms with Gasteiger partial charge in [-0.15, -0.1) is 0 Å². The first-order valence-corrected chi connectivity index (χ1v) is 5.95. The van der Waals surface area contributed by atoms with Crippen LogP contribution in [-0.4, -0.2) is 21.0 Å². The van der Waals surface area contributed by atoms with Gasteiger partial charge >= 0.3 is 5.97 Å². The SMILES string of the molecule is Cc1cc(-c2nc3cc(C(=O)O)c(F)cc3[nH]2)c(C)o1. The normalized spacial score (nSPS) is 11.2. The lowest BCUT2D eigenvalue weighted by Crippen LogP contribution is -1.99. The molecule has 0 atom stereocenters. The molecule has 0 bridgehead atoms. The quantitative estimate of drug-likeness (QED) is 0.751. The van der Waals surface area contributed by atoms with Crippen molar-refractivity contribution in [3.63, 3.8) is 0 Å². The molecular weight excluding hydrogens is 263 g/mol. The monoisotopic (exact) mass is 274 g/mol. The maximum Gasteiger partial charge on any atom is 0.338 e. The van der Waals surface area contributed by atoms with Gasteiger partial charge in [-0.3, -0.25) is 0 Å². The minimum absolute atomic E-state index is 0.393. The van der Waals surface area contributed by atoms with Crippen LogP contribution >= 0.6 is 0 Å². The number of nitrogens with zero attached hydrogens (tertiary/aromatic N) is 1. The van der Waals surface area contributed by atoms with Crippen molar-refractivity contribution in [3.05, 3.63) is 41.1 Å². The molecule has 0 aliphatic rings. The maximum absolute atomic E-state index is 13.6. The second kappa shape index (κ2) is 4.19. The van der Waals surface area contributed by atoms with Crippen molar-refractivity contribution in [1.82, 2.24) is 9.97 Å². The second-order valence-corrected chi connectivity index (χ2v) is 4.57. The molecule has 0 aliphatic heterocycles. The molecule has 3 rings (SSSR count). The second-order valence-electron chi connectivity index (χ2n) is 4.57. The Kier molecular flexibility index (Phi) is 2.60. The lowest BCUT2D eigenvalue weighted by Gasteiger charge is -1.95. The molecule has 0 unspecified atom stereocenters. The number of aromatic amines is 1. The van der Waals surface area contributed by atoms with Gasteiger partial charge in [-0.1, -0.05) is 0 Å². The summed E-state index contributed by atoms with van der Waals surface area (Å²) >= 11 is 0. The summed E-state index contributed by atoms with van der Waals surface area (Å²) in [6, 6.07) is 4.17. The number of furan rings is 1. The standard InChI is InChI=1S/C14H11FN2O3/c1-6-3-8(7(2)20-6)13-16-11-4-9(14(18)19)10(15)5-12(11)17-13/h3-5H,1-2H3,(H,16,17)(H,18,19). The summed E-state index contributed by atoms with van der Waals surface area (Å²) in [7, 11) is 0. The highest BCUT2D eigenvalue weighted by Gasteiger charge is 2.16. The molecule has 102 valence electrons. The Morgan fingerprint density at radius 3 is 2.70 bits per heavy atom. The van der Waals surface area contributed by atoms with Gasteiger partial charge in [0.1, 0.15) is 23.2 Å². The van der Waals surface area contributed by atoms with E-state index in [0.29, 0.717) is 22.6 Å². The molecule has 0 amide bonds. The molecule has 0 saturated carbocycles. The molecule has 2 heterocycles. The summed E-state index contributed by atoms with van der Waals surface area (Å²) in [6.45, 7) is 3.63. The summed E-state index contributed by atoms with van der Waals surface area (Å²) in [5.74, 6) is -0.142. The summed E-state index contributed by atoms with van der Waals surface area (Å²) in [5.41, 5.74) is 1.23. The Morgan fingerprint density at radius 1 is 1.35 bits per heavy atom. The Morgan fingerprint density at radius 2 is 2.10 bits per heavy atom. The number of H-pyrrole nitrogens is 1. The van der Waals surface area contributed by atoms with E-state index in [1.165, 1.54) is 6.07 Å². The summed E-state index contributed by atoms with van der Waals surface area (Å²) in [4.78, 5) is 18.2. The van der Waals surface area contributed by atoms with E-state index in [0.717, 1.165) is 17.4 Å². The van der Waals surface area contributed by atoms with Gasteiger partial charge in [0, 0.05) is 6.07 Å². The predicted molar refractivity (Wildman–Crippen MR) is 70.2 cm³/mol. The van der Waals surface area contributed by atoms with E-state index in [1.54, 1.807) is 6.92 Å². The number of carboxylic acid groups (broad SMARTS) is 1. The Labute approximate surface area is 113 Å². The van der Waals surface area contributed by atoms with Crippen molar-refractivity contribution >= 4 is 17.0 Å². The highest BCUT2D eigenvalue weighted by Crippen LogP contribution is 2.27. The summed E-state index contributed by atoms with van der Waals surface area (Å²) in [5, 5.41) is 8.90. The number of carbonyl (C=O) groups is 1. The fraction of sp³-hybridized carbons (Fsp3) is 0.143. The van der Waals surface area contributed by atoms with Crippen LogP contribution in [0.4, 0.5) is 4.39 Å². The van der Waals surface area contributed by atoms with Gasteiger partial charge < -0.3 is 14.5 Å². The number of halogens is 1. The molecule has 1 aromatic carbocycles. The van der Waals surface area contributed by atoms with Crippen LogP contribution in [0.15, 0.2) is 22.6 Å². The highest BCUT2D eigenvalue weighted by molar-refractivity contribution is 5.93. The van der Waals surface area contributed by atoms with E-state index in [2.05, 4.69) is 9.97 Å². The summed E-state index contributed by atoms with van der Waals surface area (Å²) < 4.78 is 19.0. The molecule has 2 aromatic heterocycles. The third-order valence-electron chi connectivity index (χ3n) is 3.10. The third-order valence-corrected chi connectivity index (χ3v) is 3.10. The Balaban J connectivity index is 2.20. The fourth-order valence-electron chi connectivity index (χ4n) is 2.19. The molecule has 0 spiro atoms. The van der Waals surface area contributed by atoms with Crippen LogP contribution in [-0.2, 0) is 0 Å². The number of nitrogens with one attached hydrogen (secondary N) is 1. The number of fused-ring (bicyclic) bond motifs is 1. The zero-order valence-corrected chi connectivity index (χ0v) is 10.8. The molecule has 3 aromatic rings. The molecular formula is C14H11FN2O3. The van der Waals surface area contributed by atoms with Crippen molar-refractivity contribution in [3.8, 4) is 11.4 Å². The molecule has 0 aliphatic carbocycles. The van der Waals surface area contributed by atoms with Gasteiger partial charge in [0.2, 0.25) is 0 Å². The highest BCUT2D eigenvalue weighted by atomic mass is 19.1. The first-order valence-electron chi connectivity index (χ1n) is 5.95. The number of rotatable bonds is 2. The van der Waals surface area contributed by atoms with E-state index in [9.17, 15) is 9.18 Å². The van der Waals surface area contributed by atoms with E-state index in [4.69, 9.17) is 9.52 Å². The van der Waals surface area contributed by atoms with Gasteiger partial charge in [0.05, 0.1) is 22.2 Å². The first-order chi connectivity index (χ1) is 9.45. The topological polar surface area (TPSA) is 79.1 Å². The minimum atomic E-state index is -1.32. The van der Waals surface area contributed by atoms with Crippen molar-refractivity contribution < 1.29 is 18.7 Å². The van der Waals surface area contributed by atoms with E-state index in [1.807, 2.05) is 13.0 Å². The molecule has 20 heavy (non-hydrogen) atoms. The molecule has 0 saturated heterocycles. The average Bonchev–Trinajstić information content (AvgIpc) is 2.90. The number of aryl methyl sites for hydroxylation is 2. The van der Waals surface area contributed by atoms with Crippen LogP contribution in [0.25, 0.3) is 22.4 Å². The number of carboxylic acids is 1. The fourth-order valence-corrected chi connectivity index (χ4v) is 2.19. The van der Waals surface area contributed by atoms with Crippen LogP contribution in [0.3, 0.4) is 0 Å². The number of aromatic carboxylic acids is 1. The van der Waals surface area contributed by atoms with E-state index < -0.39 is 17.3 Å². The minimum Gasteiger partial charge on any atom is -0.478 e. The smallest absolute Gasteiger partial charge is 0.338 e. The van der Waals surface area contributed by atoms with Gasteiger partial charge in [-0.05, 0) is 26.0 Å². The van der Waals surface area contributed by atoms with Crippen LogP contribution in [0.5, 0.6) is 0 Å². The van der Waals surface area contributed by atoms with Crippen LogP contribution < -0.4 is 0 Å². The van der Waals surface area contributed by atoms with E-state index >= 15 is 0 Å². The van der Waals surface area contributed by atoms with E-state index in [-0.39, 0.29) is 0 Å². The maximum atomic E-state index is 13.6. The number of imidazole rings is 1. The average molecular weight is 274 g/mol. The van der Waals surface area contributed by atoms with Gasteiger partial charge in [-0.2, -0.15) is 0 Å². The van der Waals surface area contributed by atoms with Gasteiger partial charge in [-0.25, -0.2) is 14.2 Å². The van der Waals surface area contributed by atoms with Crippen molar-refractivity contribution in [2.75, 3.05) is 0 Å². The van der Waals surface area contributed by atoms with Crippen LogP contribution in [0.2, 0.25) is 0 Å². The zero-order valence-electron chi connectivity index (χ0n) is 10.8. The van der Waals surface area contributed by atoms with Crippen LogP contribution in [0, 0.1) is 19.7 Å². The molecule has 2 N–H and O–H groups in total. The zero-order chi connectivity index (χ0) is 14.4. The molecule has 0 fully saturated rings. The molecule has 0 radical (unpaired) electrons. The van der Waals surface area contributed by atoms with Crippen LogP contribution in [0.1, 0.15) is 21.9 Å². The first kappa shape index (κ1) is 12.4.